The molecule has 1 amide bonds. The second kappa shape index (κ2) is 7.41. The number of carbonyl (C=O) groups is 1. The van der Waals surface area contributed by atoms with E-state index >= 15 is 0 Å². The summed E-state index contributed by atoms with van der Waals surface area (Å²) in [6, 6.07) is 7.77. The Morgan fingerprint density at radius 1 is 1.40 bits per heavy atom. The first kappa shape index (κ1) is 17.0. The smallest absolute Gasteiger partial charge is 0.229 e. The van der Waals surface area contributed by atoms with E-state index in [1.165, 1.54) is 11.3 Å². The standard InChI is InChI=1S/C18H20ClN3O2S/c19-13-3-1-2-12(8-13)15-9-16(15)17(23)21-18-20-14(11-25-18)10-22-4-6-24-7-5-22/h1-3,8,11,15-16H,4-7,9-10H2,(H,20,21,23)/t15-,16+/m1/s1. The average molecular weight is 378 g/mol. The number of amides is 1. The van der Waals surface area contributed by atoms with Crippen molar-refractivity contribution in [2.45, 2.75) is 18.9 Å². The van der Waals surface area contributed by atoms with Crippen molar-refractivity contribution in [1.29, 1.82) is 0 Å². The molecular formula is C18H20ClN3O2S. The van der Waals surface area contributed by atoms with Gasteiger partial charge in [-0.15, -0.1) is 11.3 Å². The zero-order valence-electron chi connectivity index (χ0n) is 13.8. The number of rotatable bonds is 5. The topological polar surface area (TPSA) is 54.5 Å². The Balaban J connectivity index is 1.31. The van der Waals surface area contributed by atoms with Crippen LogP contribution in [0.5, 0.6) is 0 Å². The van der Waals surface area contributed by atoms with Crippen LogP contribution in [0.1, 0.15) is 23.6 Å². The molecule has 1 saturated carbocycles. The van der Waals surface area contributed by atoms with Crippen LogP contribution in [0.4, 0.5) is 5.13 Å². The highest BCUT2D eigenvalue weighted by Crippen LogP contribution is 2.48. The molecule has 1 aliphatic carbocycles. The molecule has 1 N–H and O–H groups in total. The summed E-state index contributed by atoms with van der Waals surface area (Å²) < 4.78 is 5.36. The highest BCUT2D eigenvalue weighted by Gasteiger charge is 2.44. The van der Waals surface area contributed by atoms with Gasteiger partial charge in [0.25, 0.3) is 0 Å². The molecule has 1 aliphatic heterocycles. The Labute approximate surface area is 156 Å². The first-order valence-corrected chi connectivity index (χ1v) is 9.75. The maximum atomic E-state index is 12.4. The number of halogens is 1. The number of benzene rings is 1. The van der Waals surface area contributed by atoms with Crippen LogP contribution in [0.15, 0.2) is 29.6 Å². The number of thiazole rings is 1. The maximum absolute atomic E-state index is 12.4. The molecule has 2 aromatic rings. The zero-order chi connectivity index (χ0) is 17.2. The quantitative estimate of drug-likeness (QED) is 0.867. The van der Waals surface area contributed by atoms with Crippen molar-refractivity contribution in [3.8, 4) is 0 Å². The van der Waals surface area contributed by atoms with Gasteiger partial charge in [-0.25, -0.2) is 4.98 Å². The summed E-state index contributed by atoms with van der Waals surface area (Å²) >= 11 is 7.52. The van der Waals surface area contributed by atoms with Crippen LogP contribution >= 0.6 is 22.9 Å². The van der Waals surface area contributed by atoms with Gasteiger partial charge < -0.3 is 10.1 Å². The van der Waals surface area contributed by atoms with Crippen LogP contribution in [0.2, 0.25) is 5.02 Å². The number of carbonyl (C=O) groups excluding carboxylic acids is 1. The van der Waals surface area contributed by atoms with E-state index in [0.717, 1.165) is 55.5 Å². The molecule has 25 heavy (non-hydrogen) atoms. The maximum Gasteiger partial charge on any atom is 0.229 e. The highest BCUT2D eigenvalue weighted by atomic mass is 35.5. The molecule has 2 heterocycles. The summed E-state index contributed by atoms with van der Waals surface area (Å²) in [5.74, 6) is 0.341. The normalized spacial score (nSPS) is 23.4. The van der Waals surface area contributed by atoms with Gasteiger partial charge in [-0.3, -0.25) is 9.69 Å². The van der Waals surface area contributed by atoms with E-state index in [4.69, 9.17) is 16.3 Å². The van der Waals surface area contributed by atoms with E-state index in [2.05, 4.69) is 15.2 Å². The van der Waals surface area contributed by atoms with E-state index in [1.807, 2.05) is 29.6 Å². The van der Waals surface area contributed by atoms with Crippen molar-refractivity contribution in [2.24, 2.45) is 5.92 Å². The summed E-state index contributed by atoms with van der Waals surface area (Å²) in [6.45, 7) is 4.23. The molecule has 2 fully saturated rings. The van der Waals surface area contributed by atoms with Gasteiger partial charge in [0.2, 0.25) is 5.91 Å². The van der Waals surface area contributed by atoms with Gasteiger partial charge in [-0.05, 0) is 30.0 Å². The minimum atomic E-state index is 0.0186. The number of anilines is 1. The van der Waals surface area contributed by atoms with E-state index in [9.17, 15) is 4.79 Å². The van der Waals surface area contributed by atoms with Crippen LogP contribution in [0.25, 0.3) is 0 Å². The average Bonchev–Trinajstić information content (AvgIpc) is 3.31. The molecule has 132 valence electrons. The molecule has 0 bridgehead atoms. The number of nitrogens with zero attached hydrogens (tertiary/aromatic N) is 2. The molecule has 0 radical (unpaired) electrons. The zero-order valence-corrected chi connectivity index (χ0v) is 15.4. The number of hydrogen-bond donors (Lipinski definition) is 1. The van der Waals surface area contributed by atoms with Crippen molar-refractivity contribution in [3.05, 3.63) is 45.9 Å². The van der Waals surface area contributed by atoms with Crippen molar-refractivity contribution in [3.63, 3.8) is 0 Å². The fourth-order valence-electron chi connectivity index (χ4n) is 3.21. The molecule has 1 saturated heterocycles. The number of aromatic nitrogens is 1. The van der Waals surface area contributed by atoms with Crippen LogP contribution < -0.4 is 5.32 Å². The van der Waals surface area contributed by atoms with Gasteiger partial charge in [-0.1, -0.05) is 23.7 Å². The predicted molar refractivity (Wildman–Crippen MR) is 99.1 cm³/mol. The number of hydrogen-bond acceptors (Lipinski definition) is 5. The lowest BCUT2D eigenvalue weighted by Gasteiger charge is -2.25. The van der Waals surface area contributed by atoms with E-state index in [1.54, 1.807) is 0 Å². The SMILES string of the molecule is O=C(Nc1nc(CN2CCOCC2)cs1)[C@H]1C[C@@H]1c1cccc(Cl)c1. The Kier molecular flexibility index (Phi) is 5.03. The molecular weight excluding hydrogens is 358 g/mol. The van der Waals surface area contributed by atoms with Crippen molar-refractivity contribution in [1.82, 2.24) is 9.88 Å². The number of nitrogens with one attached hydrogen (secondary N) is 1. The van der Waals surface area contributed by atoms with Crippen molar-refractivity contribution >= 4 is 34.0 Å². The Bertz CT molecular complexity index is 760. The summed E-state index contributed by atoms with van der Waals surface area (Å²) in [5.41, 5.74) is 2.14. The second-order valence-corrected chi connectivity index (χ2v) is 7.82. The first-order valence-electron chi connectivity index (χ1n) is 8.50. The fourth-order valence-corrected chi connectivity index (χ4v) is 4.12. The lowest BCUT2D eigenvalue weighted by Crippen LogP contribution is -2.35. The fraction of sp³-hybridized carbons (Fsp3) is 0.444. The molecule has 7 heteroatoms. The van der Waals surface area contributed by atoms with E-state index in [0.29, 0.717) is 5.13 Å². The lowest BCUT2D eigenvalue weighted by molar-refractivity contribution is -0.117. The molecule has 1 aromatic heterocycles. The van der Waals surface area contributed by atoms with Crippen LogP contribution in [-0.2, 0) is 16.1 Å². The predicted octanol–water partition coefficient (Wildman–Crippen LogP) is 3.37. The first-order chi connectivity index (χ1) is 12.2. The van der Waals surface area contributed by atoms with Crippen LogP contribution in [0.3, 0.4) is 0 Å². The van der Waals surface area contributed by atoms with E-state index < -0.39 is 0 Å². The van der Waals surface area contributed by atoms with E-state index in [-0.39, 0.29) is 17.7 Å². The Morgan fingerprint density at radius 3 is 3.04 bits per heavy atom. The summed E-state index contributed by atoms with van der Waals surface area (Å²) in [4.78, 5) is 19.3. The third-order valence-corrected chi connectivity index (χ3v) is 5.72. The Morgan fingerprint density at radius 2 is 2.24 bits per heavy atom. The number of morpholine rings is 1. The van der Waals surface area contributed by atoms with Crippen LogP contribution in [-0.4, -0.2) is 42.1 Å². The summed E-state index contributed by atoms with van der Waals surface area (Å²) in [5, 5.41) is 6.39. The second-order valence-electron chi connectivity index (χ2n) is 6.53. The molecule has 1 aromatic carbocycles. The van der Waals surface area contributed by atoms with Gasteiger partial charge in [0.15, 0.2) is 5.13 Å². The summed E-state index contributed by atoms with van der Waals surface area (Å²) in [7, 11) is 0. The monoisotopic (exact) mass is 377 g/mol. The highest BCUT2D eigenvalue weighted by molar-refractivity contribution is 7.13. The summed E-state index contributed by atoms with van der Waals surface area (Å²) in [6.07, 6.45) is 0.873. The molecule has 5 nitrogen and oxygen atoms in total. The van der Waals surface area contributed by atoms with Gasteiger partial charge >= 0.3 is 0 Å². The third kappa shape index (κ3) is 4.20. The minimum Gasteiger partial charge on any atom is -0.379 e. The molecule has 0 spiro atoms. The number of ether oxygens (including phenoxy) is 1. The lowest BCUT2D eigenvalue weighted by atomic mass is 10.1. The van der Waals surface area contributed by atoms with Gasteiger partial charge in [0.1, 0.15) is 0 Å². The largest absolute Gasteiger partial charge is 0.379 e. The Hall–Kier alpha value is -1.47. The molecule has 2 aliphatic rings. The molecule has 4 rings (SSSR count). The molecule has 2 atom stereocenters. The van der Waals surface area contributed by atoms with Crippen LogP contribution in [0, 0.1) is 5.92 Å². The van der Waals surface area contributed by atoms with Crippen molar-refractivity contribution < 1.29 is 9.53 Å². The third-order valence-electron chi connectivity index (χ3n) is 4.68. The van der Waals surface area contributed by atoms with Gasteiger partial charge in [0.05, 0.1) is 18.9 Å². The van der Waals surface area contributed by atoms with Gasteiger partial charge in [0, 0.05) is 36.0 Å². The van der Waals surface area contributed by atoms with Gasteiger partial charge in [-0.2, -0.15) is 0 Å². The minimum absolute atomic E-state index is 0.0186. The molecule has 0 unspecified atom stereocenters. The van der Waals surface area contributed by atoms with Crippen molar-refractivity contribution in [2.75, 3.05) is 31.6 Å².